The monoisotopic (exact) mass is 258 g/mol. The van der Waals surface area contributed by atoms with Crippen LogP contribution in [0.4, 0.5) is 0 Å². The van der Waals surface area contributed by atoms with Crippen molar-refractivity contribution >= 4 is 10.0 Å². The van der Waals surface area contributed by atoms with E-state index in [2.05, 4.69) is 10.4 Å². The van der Waals surface area contributed by atoms with E-state index in [1.165, 1.54) is 15.2 Å². The van der Waals surface area contributed by atoms with Crippen LogP contribution in [0.1, 0.15) is 13.3 Å². The van der Waals surface area contributed by atoms with Gasteiger partial charge in [0.2, 0.25) is 0 Å². The third-order valence-corrected chi connectivity index (χ3v) is 4.80. The summed E-state index contributed by atoms with van der Waals surface area (Å²) in [4.78, 5) is 0. The van der Waals surface area contributed by atoms with Crippen LogP contribution in [0, 0.1) is 0 Å². The Labute approximate surface area is 102 Å². The number of nitrogens with zero attached hydrogens (tertiary/aromatic N) is 3. The van der Waals surface area contributed by atoms with Crippen LogP contribution < -0.4 is 5.32 Å². The summed E-state index contributed by atoms with van der Waals surface area (Å²) >= 11 is 0. The van der Waals surface area contributed by atoms with Gasteiger partial charge in [0.05, 0.1) is 6.20 Å². The van der Waals surface area contributed by atoms with E-state index in [4.69, 9.17) is 0 Å². The quantitative estimate of drug-likeness (QED) is 0.821. The van der Waals surface area contributed by atoms with Crippen LogP contribution in [0.3, 0.4) is 0 Å². The number of sulfonamides is 1. The highest BCUT2D eigenvalue weighted by atomic mass is 32.2. The Morgan fingerprint density at radius 1 is 1.41 bits per heavy atom. The van der Waals surface area contributed by atoms with E-state index in [9.17, 15) is 8.42 Å². The van der Waals surface area contributed by atoms with Gasteiger partial charge in [0.25, 0.3) is 10.0 Å². The molecule has 1 saturated heterocycles. The second kappa shape index (κ2) is 5.16. The molecule has 2 heterocycles. The largest absolute Gasteiger partial charge is 0.315 e. The molecule has 1 aliphatic heterocycles. The molecule has 0 aliphatic carbocycles. The molecule has 0 aromatic carbocycles. The van der Waals surface area contributed by atoms with Gasteiger partial charge in [0, 0.05) is 26.2 Å². The minimum Gasteiger partial charge on any atom is -0.315 e. The fourth-order valence-electron chi connectivity index (χ4n) is 1.97. The van der Waals surface area contributed by atoms with Crippen molar-refractivity contribution < 1.29 is 8.42 Å². The Morgan fingerprint density at radius 2 is 2.24 bits per heavy atom. The highest BCUT2D eigenvalue weighted by Gasteiger charge is 2.27. The average Bonchev–Trinajstić information content (AvgIpc) is 2.63. The van der Waals surface area contributed by atoms with E-state index < -0.39 is 10.0 Å². The lowest BCUT2D eigenvalue weighted by molar-refractivity contribution is 0.422. The third kappa shape index (κ3) is 2.51. The molecule has 0 amide bonds. The molecule has 2 rings (SSSR count). The van der Waals surface area contributed by atoms with Gasteiger partial charge in [-0.1, -0.05) is 0 Å². The Balaban J connectivity index is 2.28. The second-order valence-corrected chi connectivity index (χ2v) is 5.88. The molecule has 96 valence electrons. The number of aromatic nitrogens is 2. The van der Waals surface area contributed by atoms with E-state index in [-0.39, 0.29) is 0 Å². The van der Waals surface area contributed by atoms with Gasteiger partial charge in [0.15, 0.2) is 5.03 Å². The maximum absolute atomic E-state index is 12.4. The zero-order chi connectivity index (χ0) is 12.3. The summed E-state index contributed by atoms with van der Waals surface area (Å²) in [5, 5.41) is 7.50. The van der Waals surface area contributed by atoms with Gasteiger partial charge < -0.3 is 5.32 Å². The molecule has 6 nitrogen and oxygen atoms in total. The van der Waals surface area contributed by atoms with Crippen molar-refractivity contribution in [1.82, 2.24) is 19.4 Å². The summed E-state index contributed by atoms with van der Waals surface area (Å²) in [6.07, 6.45) is 2.38. The van der Waals surface area contributed by atoms with Crippen LogP contribution in [0.2, 0.25) is 0 Å². The lowest BCUT2D eigenvalue weighted by Crippen LogP contribution is -2.35. The van der Waals surface area contributed by atoms with Gasteiger partial charge in [-0.3, -0.25) is 4.68 Å². The van der Waals surface area contributed by atoms with Crippen molar-refractivity contribution in [3.8, 4) is 0 Å². The minimum atomic E-state index is -3.39. The van der Waals surface area contributed by atoms with Crippen molar-refractivity contribution in [1.29, 1.82) is 0 Å². The Morgan fingerprint density at radius 3 is 3.00 bits per heavy atom. The van der Waals surface area contributed by atoms with Gasteiger partial charge in [-0.15, -0.1) is 0 Å². The SMILES string of the molecule is CCn1nccc1S(=O)(=O)N1CCCNCC1. The molecule has 1 aromatic heterocycles. The van der Waals surface area contributed by atoms with Crippen molar-refractivity contribution in [3.63, 3.8) is 0 Å². The normalized spacial score (nSPS) is 19.1. The van der Waals surface area contributed by atoms with Crippen molar-refractivity contribution in [2.75, 3.05) is 26.2 Å². The standard InChI is InChI=1S/C10H18N4O2S/c1-2-14-10(4-6-12-14)17(15,16)13-8-3-5-11-7-9-13/h4,6,11H,2-3,5,7-9H2,1H3. The van der Waals surface area contributed by atoms with Gasteiger partial charge in [-0.2, -0.15) is 9.40 Å². The number of hydrogen-bond donors (Lipinski definition) is 1. The lowest BCUT2D eigenvalue weighted by atomic mass is 10.4. The zero-order valence-corrected chi connectivity index (χ0v) is 10.8. The molecule has 0 spiro atoms. The first kappa shape index (κ1) is 12.5. The molecule has 1 N–H and O–H groups in total. The van der Waals surface area contributed by atoms with E-state index in [0.717, 1.165) is 13.0 Å². The molecule has 17 heavy (non-hydrogen) atoms. The molecular formula is C10H18N4O2S. The van der Waals surface area contributed by atoms with E-state index in [1.54, 1.807) is 6.07 Å². The topological polar surface area (TPSA) is 67.2 Å². The Bertz CT molecular complexity index is 460. The van der Waals surface area contributed by atoms with Crippen molar-refractivity contribution in [3.05, 3.63) is 12.3 Å². The highest BCUT2D eigenvalue weighted by molar-refractivity contribution is 7.89. The van der Waals surface area contributed by atoms with Crippen LogP contribution in [0.15, 0.2) is 17.3 Å². The first-order valence-corrected chi connectivity index (χ1v) is 7.33. The van der Waals surface area contributed by atoms with Crippen molar-refractivity contribution in [2.45, 2.75) is 24.9 Å². The average molecular weight is 258 g/mol. The third-order valence-electron chi connectivity index (χ3n) is 2.88. The molecule has 1 fully saturated rings. The predicted molar refractivity (Wildman–Crippen MR) is 64.1 cm³/mol. The van der Waals surface area contributed by atoms with Gasteiger partial charge >= 0.3 is 0 Å². The van der Waals surface area contributed by atoms with Gasteiger partial charge in [-0.25, -0.2) is 8.42 Å². The zero-order valence-electron chi connectivity index (χ0n) is 9.96. The van der Waals surface area contributed by atoms with Crippen molar-refractivity contribution in [2.24, 2.45) is 0 Å². The molecule has 0 unspecified atom stereocenters. The van der Waals surface area contributed by atoms with Gasteiger partial charge in [0.1, 0.15) is 0 Å². The molecule has 0 bridgehead atoms. The van der Waals surface area contributed by atoms with E-state index >= 15 is 0 Å². The molecule has 0 atom stereocenters. The Hall–Kier alpha value is -0.920. The molecule has 0 saturated carbocycles. The number of nitrogens with one attached hydrogen (secondary N) is 1. The second-order valence-electron chi connectivity index (χ2n) is 3.99. The fraction of sp³-hybridized carbons (Fsp3) is 0.700. The summed E-state index contributed by atoms with van der Waals surface area (Å²) in [5.41, 5.74) is 0. The minimum absolute atomic E-state index is 0.293. The summed E-state index contributed by atoms with van der Waals surface area (Å²) in [7, 11) is -3.39. The highest BCUT2D eigenvalue weighted by Crippen LogP contribution is 2.15. The first-order chi connectivity index (χ1) is 8.16. The van der Waals surface area contributed by atoms with Crippen LogP contribution >= 0.6 is 0 Å². The van der Waals surface area contributed by atoms with Crippen LogP contribution in [-0.2, 0) is 16.6 Å². The summed E-state index contributed by atoms with van der Waals surface area (Å²) < 4.78 is 27.9. The molecule has 7 heteroatoms. The smallest absolute Gasteiger partial charge is 0.260 e. The van der Waals surface area contributed by atoms with Crippen LogP contribution in [0.5, 0.6) is 0 Å². The molecule has 1 aromatic rings. The number of aryl methyl sites for hydroxylation is 1. The van der Waals surface area contributed by atoms with E-state index in [1.807, 2.05) is 6.92 Å². The number of hydrogen-bond acceptors (Lipinski definition) is 4. The summed E-state index contributed by atoms with van der Waals surface area (Å²) in [6, 6.07) is 1.57. The maximum atomic E-state index is 12.4. The molecule has 0 radical (unpaired) electrons. The first-order valence-electron chi connectivity index (χ1n) is 5.89. The Kier molecular flexibility index (Phi) is 3.80. The summed E-state index contributed by atoms with van der Waals surface area (Å²) in [5.74, 6) is 0. The fourth-order valence-corrected chi connectivity index (χ4v) is 3.61. The summed E-state index contributed by atoms with van der Waals surface area (Å²) in [6.45, 7) is 5.13. The maximum Gasteiger partial charge on any atom is 0.260 e. The van der Waals surface area contributed by atoms with E-state index in [0.29, 0.717) is 31.2 Å². The van der Waals surface area contributed by atoms with Crippen LogP contribution in [-0.4, -0.2) is 48.7 Å². The molecule has 1 aliphatic rings. The van der Waals surface area contributed by atoms with Gasteiger partial charge in [-0.05, 0) is 26.0 Å². The predicted octanol–water partition coefficient (Wildman–Crippen LogP) is -0.113. The molecular weight excluding hydrogens is 240 g/mol. The lowest BCUT2D eigenvalue weighted by Gasteiger charge is -2.19. The van der Waals surface area contributed by atoms with Crippen LogP contribution in [0.25, 0.3) is 0 Å². The number of rotatable bonds is 3.